The Balaban J connectivity index is 2.64. The highest BCUT2D eigenvalue weighted by atomic mass is 19.3. The van der Waals surface area contributed by atoms with Crippen molar-refractivity contribution in [1.29, 1.82) is 0 Å². The van der Waals surface area contributed by atoms with E-state index in [4.69, 9.17) is 0 Å². The van der Waals surface area contributed by atoms with E-state index in [9.17, 15) is 8.78 Å². The fraction of sp³-hybridized carbons (Fsp3) is 1.00. The molecule has 2 nitrogen and oxygen atoms in total. The molecule has 0 aromatic heterocycles. The Labute approximate surface area is 65.8 Å². The first-order chi connectivity index (χ1) is 5.12. The van der Waals surface area contributed by atoms with Gasteiger partial charge in [0.25, 0.3) is 0 Å². The van der Waals surface area contributed by atoms with Crippen LogP contribution in [-0.4, -0.2) is 42.1 Å². The largest absolute Gasteiger partial charge is 0.369 e. The molecule has 0 unspecified atom stereocenters. The summed E-state index contributed by atoms with van der Waals surface area (Å²) in [5.74, 6) is 0. The van der Waals surface area contributed by atoms with Crippen LogP contribution < -0.4 is 0 Å². The molecule has 4 heteroatoms. The Morgan fingerprint density at radius 1 is 1.09 bits per heavy atom. The predicted octanol–water partition coefficient (Wildman–Crippen LogP) is 1.19. The Kier molecular flexibility index (Phi) is 2.44. The number of halogens is 2. The van der Waals surface area contributed by atoms with Crippen LogP contribution in [0.4, 0.5) is 8.78 Å². The van der Waals surface area contributed by atoms with Crippen LogP contribution in [0.1, 0.15) is 13.8 Å². The zero-order valence-corrected chi connectivity index (χ0v) is 6.98. The van der Waals surface area contributed by atoms with Crippen molar-refractivity contribution in [2.45, 2.75) is 20.0 Å². The third kappa shape index (κ3) is 1.37. The van der Waals surface area contributed by atoms with E-state index in [1.807, 2.05) is 0 Å². The second-order valence-electron chi connectivity index (χ2n) is 2.67. The van der Waals surface area contributed by atoms with Crippen molar-refractivity contribution in [3.63, 3.8) is 0 Å². The normalized spacial score (nSPS) is 26.2. The van der Waals surface area contributed by atoms with Gasteiger partial charge in [0.05, 0.1) is 0 Å². The van der Waals surface area contributed by atoms with Crippen molar-refractivity contribution in [1.82, 2.24) is 9.80 Å². The van der Waals surface area contributed by atoms with Crippen LogP contribution in [0.2, 0.25) is 0 Å². The van der Waals surface area contributed by atoms with Crippen molar-refractivity contribution in [3.05, 3.63) is 0 Å². The molecule has 1 fully saturated rings. The molecule has 0 atom stereocenters. The molecule has 1 rings (SSSR count). The van der Waals surface area contributed by atoms with Crippen molar-refractivity contribution < 1.29 is 8.78 Å². The van der Waals surface area contributed by atoms with Gasteiger partial charge in [-0.1, -0.05) is 13.8 Å². The van der Waals surface area contributed by atoms with Crippen LogP contribution in [0.15, 0.2) is 0 Å². The third-order valence-electron chi connectivity index (χ3n) is 2.16. The average molecular weight is 164 g/mol. The smallest absolute Gasteiger partial charge is 0.229 e. The highest BCUT2D eigenvalue weighted by Gasteiger charge is 2.46. The lowest BCUT2D eigenvalue weighted by Crippen LogP contribution is -2.45. The molecule has 0 saturated carbocycles. The van der Waals surface area contributed by atoms with Crippen LogP contribution in [0, 0.1) is 0 Å². The van der Waals surface area contributed by atoms with Gasteiger partial charge in [-0.3, -0.25) is 0 Å². The third-order valence-corrected chi connectivity index (χ3v) is 2.16. The first-order valence-electron chi connectivity index (χ1n) is 4.00. The van der Waals surface area contributed by atoms with Crippen LogP contribution in [-0.2, 0) is 0 Å². The number of nitrogens with zero attached hydrogens (tertiary/aromatic N) is 2. The van der Waals surface area contributed by atoms with Gasteiger partial charge in [-0.2, -0.15) is 8.78 Å². The summed E-state index contributed by atoms with van der Waals surface area (Å²) in [6.45, 7) is 5.32. The minimum Gasteiger partial charge on any atom is -0.229 e. The highest BCUT2D eigenvalue weighted by Crippen LogP contribution is 2.28. The fourth-order valence-electron chi connectivity index (χ4n) is 1.41. The van der Waals surface area contributed by atoms with Crippen molar-refractivity contribution in [2.75, 3.05) is 26.2 Å². The van der Waals surface area contributed by atoms with Gasteiger partial charge >= 0.3 is 6.17 Å². The molecule has 0 aromatic rings. The van der Waals surface area contributed by atoms with Gasteiger partial charge in [0.2, 0.25) is 0 Å². The summed E-state index contributed by atoms with van der Waals surface area (Å²) in [5.41, 5.74) is 0. The maximum absolute atomic E-state index is 13.1. The van der Waals surface area contributed by atoms with E-state index in [0.29, 0.717) is 26.2 Å². The summed E-state index contributed by atoms with van der Waals surface area (Å²) in [6, 6.07) is 0. The predicted molar refractivity (Wildman–Crippen MR) is 39.4 cm³/mol. The lowest BCUT2D eigenvalue weighted by Gasteiger charge is -2.27. The Morgan fingerprint density at radius 2 is 1.45 bits per heavy atom. The SMILES string of the molecule is CCN1CCN(CC)C1(F)F. The summed E-state index contributed by atoms with van der Waals surface area (Å²) in [5, 5.41) is 0. The van der Waals surface area contributed by atoms with E-state index in [0.717, 1.165) is 0 Å². The summed E-state index contributed by atoms with van der Waals surface area (Å²) in [6.07, 6.45) is -2.70. The molecule has 0 radical (unpaired) electrons. The Hall–Kier alpha value is -0.220. The van der Waals surface area contributed by atoms with E-state index in [2.05, 4.69) is 0 Å². The highest BCUT2D eigenvalue weighted by molar-refractivity contribution is 4.78. The summed E-state index contributed by atoms with van der Waals surface area (Å²) < 4.78 is 26.3. The Morgan fingerprint density at radius 3 is 1.64 bits per heavy atom. The van der Waals surface area contributed by atoms with E-state index < -0.39 is 6.17 Å². The number of rotatable bonds is 2. The van der Waals surface area contributed by atoms with E-state index in [1.54, 1.807) is 13.8 Å². The summed E-state index contributed by atoms with van der Waals surface area (Å²) >= 11 is 0. The monoisotopic (exact) mass is 164 g/mol. The topological polar surface area (TPSA) is 6.48 Å². The molecular formula is C7H14F2N2. The maximum Gasteiger partial charge on any atom is 0.369 e. The van der Waals surface area contributed by atoms with Crippen LogP contribution in [0.5, 0.6) is 0 Å². The number of hydrogen-bond acceptors (Lipinski definition) is 2. The average Bonchev–Trinajstić information content (AvgIpc) is 2.24. The van der Waals surface area contributed by atoms with Gasteiger partial charge in [-0.25, -0.2) is 9.80 Å². The number of alkyl halides is 2. The first kappa shape index (κ1) is 8.87. The lowest BCUT2D eigenvalue weighted by molar-refractivity contribution is -0.207. The van der Waals surface area contributed by atoms with Gasteiger partial charge < -0.3 is 0 Å². The maximum atomic E-state index is 13.1. The molecule has 11 heavy (non-hydrogen) atoms. The summed E-state index contributed by atoms with van der Waals surface area (Å²) in [4.78, 5) is 2.38. The Bertz CT molecular complexity index is 124. The van der Waals surface area contributed by atoms with Crippen LogP contribution >= 0.6 is 0 Å². The van der Waals surface area contributed by atoms with E-state index >= 15 is 0 Å². The fourth-order valence-corrected chi connectivity index (χ4v) is 1.41. The minimum absolute atomic E-state index is 0.420. The van der Waals surface area contributed by atoms with E-state index in [1.165, 1.54) is 9.80 Å². The number of likely N-dealkylation sites (N-methyl/N-ethyl adjacent to an activating group) is 2. The lowest BCUT2D eigenvalue weighted by atomic mass is 10.6. The molecule has 1 heterocycles. The molecule has 0 aliphatic carbocycles. The second-order valence-corrected chi connectivity index (χ2v) is 2.67. The van der Waals surface area contributed by atoms with Crippen LogP contribution in [0.25, 0.3) is 0 Å². The van der Waals surface area contributed by atoms with Gasteiger partial charge in [0.15, 0.2) is 0 Å². The molecule has 1 aliphatic heterocycles. The molecule has 0 aromatic carbocycles. The van der Waals surface area contributed by atoms with Crippen molar-refractivity contribution >= 4 is 0 Å². The zero-order valence-electron chi connectivity index (χ0n) is 6.98. The van der Waals surface area contributed by atoms with Gasteiger partial charge in [-0.15, -0.1) is 0 Å². The van der Waals surface area contributed by atoms with E-state index in [-0.39, 0.29) is 0 Å². The van der Waals surface area contributed by atoms with Crippen molar-refractivity contribution in [2.24, 2.45) is 0 Å². The molecular weight excluding hydrogens is 150 g/mol. The molecule has 0 spiro atoms. The molecule has 0 bridgehead atoms. The minimum atomic E-state index is -2.70. The quantitative estimate of drug-likeness (QED) is 0.566. The molecule has 1 aliphatic rings. The first-order valence-corrected chi connectivity index (χ1v) is 4.00. The standard InChI is InChI=1S/C7H14F2N2/c1-3-10-5-6-11(4-2)7(10,8)9/h3-6H2,1-2H3. The van der Waals surface area contributed by atoms with Gasteiger partial charge in [-0.05, 0) is 0 Å². The molecule has 1 saturated heterocycles. The summed E-state index contributed by atoms with van der Waals surface area (Å²) in [7, 11) is 0. The molecule has 66 valence electrons. The number of hydrogen-bond donors (Lipinski definition) is 0. The van der Waals surface area contributed by atoms with Crippen molar-refractivity contribution in [3.8, 4) is 0 Å². The molecule has 0 N–H and O–H groups in total. The molecule has 0 amide bonds. The van der Waals surface area contributed by atoms with Crippen LogP contribution in [0.3, 0.4) is 0 Å². The van der Waals surface area contributed by atoms with Gasteiger partial charge in [0, 0.05) is 26.2 Å². The zero-order chi connectivity index (χ0) is 8.48. The van der Waals surface area contributed by atoms with Gasteiger partial charge in [0.1, 0.15) is 0 Å². The second kappa shape index (κ2) is 3.03.